The highest BCUT2D eigenvalue weighted by atomic mass is 19.4. The first-order chi connectivity index (χ1) is 7.47. The van der Waals surface area contributed by atoms with E-state index in [0.717, 1.165) is 0 Å². The van der Waals surface area contributed by atoms with Gasteiger partial charge in [-0.05, 0) is 0 Å². The molecule has 0 atom stereocenters. The molecule has 0 saturated carbocycles. The van der Waals surface area contributed by atoms with E-state index < -0.39 is 18.8 Å². The van der Waals surface area contributed by atoms with Crippen LogP contribution in [0.2, 0.25) is 0 Å². The van der Waals surface area contributed by atoms with Gasteiger partial charge in [0.15, 0.2) is 0 Å². The lowest BCUT2D eigenvalue weighted by molar-refractivity contribution is -0.122. The Hall–Kier alpha value is -1.80. The molecule has 0 fully saturated rings. The molecule has 0 aliphatic carbocycles. The van der Waals surface area contributed by atoms with Crippen LogP contribution in [0.4, 0.5) is 18.0 Å². The van der Waals surface area contributed by atoms with Crippen molar-refractivity contribution in [3.63, 3.8) is 0 Å². The Morgan fingerprint density at radius 1 is 1.44 bits per heavy atom. The fraction of sp³-hybridized carbons (Fsp3) is 0.571. The quantitative estimate of drug-likeness (QED) is 0.700. The third-order valence-corrected chi connectivity index (χ3v) is 1.56. The van der Waals surface area contributed by atoms with E-state index in [2.05, 4.69) is 20.5 Å². The third-order valence-electron chi connectivity index (χ3n) is 1.56. The van der Waals surface area contributed by atoms with E-state index in [1.165, 1.54) is 6.33 Å². The summed E-state index contributed by atoms with van der Waals surface area (Å²) in [5, 5.41) is 10.1. The molecule has 2 amide bonds. The summed E-state index contributed by atoms with van der Waals surface area (Å²) in [6.45, 7) is -1.17. The van der Waals surface area contributed by atoms with Crippen LogP contribution in [-0.2, 0) is 6.42 Å². The highest BCUT2D eigenvalue weighted by molar-refractivity contribution is 5.73. The summed E-state index contributed by atoms with van der Waals surface area (Å²) in [7, 11) is 0. The number of H-pyrrole nitrogens is 1. The van der Waals surface area contributed by atoms with Crippen LogP contribution in [0.1, 0.15) is 5.82 Å². The van der Waals surface area contributed by atoms with E-state index in [1.54, 1.807) is 5.32 Å². The number of aromatic nitrogens is 3. The van der Waals surface area contributed by atoms with Crippen molar-refractivity contribution in [3.05, 3.63) is 12.2 Å². The largest absolute Gasteiger partial charge is 0.405 e. The minimum atomic E-state index is -4.40. The number of hydrogen-bond donors (Lipinski definition) is 3. The van der Waals surface area contributed by atoms with Crippen molar-refractivity contribution in [1.29, 1.82) is 0 Å². The second-order valence-corrected chi connectivity index (χ2v) is 2.91. The summed E-state index contributed by atoms with van der Waals surface area (Å²) in [5.41, 5.74) is 0. The number of carbonyl (C=O) groups excluding carboxylic acids is 1. The van der Waals surface area contributed by atoms with Gasteiger partial charge in [-0.25, -0.2) is 9.78 Å². The van der Waals surface area contributed by atoms with Crippen LogP contribution in [0.15, 0.2) is 6.33 Å². The number of urea groups is 1. The summed E-state index contributed by atoms with van der Waals surface area (Å²) in [6, 6.07) is -0.864. The second-order valence-electron chi connectivity index (χ2n) is 2.91. The van der Waals surface area contributed by atoms with Crippen molar-refractivity contribution in [2.75, 3.05) is 13.1 Å². The topological polar surface area (TPSA) is 82.7 Å². The summed E-state index contributed by atoms with van der Waals surface area (Å²) in [5.74, 6) is 0.552. The first-order valence-electron chi connectivity index (χ1n) is 4.40. The number of hydrogen-bond acceptors (Lipinski definition) is 3. The minimum absolute atomic E-state index is 0.179. The maximum absolute atomic E-state index is 11.7. The molecule has 0 aromatic carbocycles. The minimum Gasteiger partial charge on any atom is -0.338 e. The van der Waals surface area contributed by atoms with Gasteiger partial charge in [-0.1, -0.05) is 0 Å². The van der Waals surface area contributed by atoms with E-state index in [1.807, 2.05) is 0 Å². The molecule has 0 aliphatic heterocycles. The van der Waals surface area contributed by atoms with E-state index >= 15 is 0 Å². The van der Waals surface area contributed by atoms with Gasteiger partial charge >= 0.3 is 12.2 Å². The van der Waals surface area contributed by atoms with E-state index in [9.17, 15) is 18.0 Å². The van der Waals surface area contributed by atoms with Crippen LogP contribution in [0.5, 0.6) is 0 Å². The Morgan fingerprint density at radius 3 is 2.75 bits per heavy atom. The molecule has 6 nitrogen and oxygen atoms in total. The summed E-state index contributed by atoms with van der Waals surface area (Å²) >= 11 is 0. The van der Waals surface area contributed by atoms with Gasteiger partial charge in [0.25, 0.3) is 0 Å². The van der Waals surface area contributed by atoms with Crippen LogP contribution in [0.3, 0.4) is 0 Å². The van der Waals surface area contributed by atoms with Gasteiger partial charge in [-0.15, -0.1) is 0 Å². The average molecular weight is 237 g/mol. The Kier molecular flexibility index (Phi) is 4.09. The Morgan fingerprint density at radius 2 is 2.19 bits per heavy atom. The number of halogens is 3. The van der Waals surface area contributed by atoms with Crippen molar-refractivity contribution in [1.82, 2.24) is 25.8 Å². The van der Waals surface area contributed by atoms with Crippen LogP contribution in [-0.4, -0.2) is 40.5 Å². The molecule has 1 heterocycles. The van der Waals surface area contributed by atoms with Crippen molar-refractivity contribution in [3.8, 4) is 0 Å². The Labute approximate surface area is 88.6 Å². The number of alkyl halides is 3. The lowest BCUT2D eigenvalue weighted by Gasteiger charge is -2.08. The van der Waals surface area contributed by atoms with Crippen molar-refractivity contribution < 1.29 is 18.0 Å². The van der Waals surface area contributed by atoms with E-state index in [4.69, 9.17) is 0 Å². The van der Waals surface area contributed by atoms with Gasteiger partial charge in [0.2, 0.25) is 0 Å². The number of aromatic amines is 1. The number of nitrogens with one attached hydrogen (secondary N) is 3. The van der Waals surface area contributed by atoms with Crippen molar-refractivity contribution >= 4 is 6.03 Å². The normalized spacial score (nSPS) is 11.2. The summed E-state index contributed by atoms with van der Waals surface area (Å²) in [4.78, 5) is 14.6. The molecular formula is C7H10F3N5O. The zero-order valence-corrected chi connectivity index (χ0v) is 8.14. The molecule has 9 heteroatoms. The lowest BCUT2D eigenvalue weighted by Crippen LogP contribution is -2.41. The molecule has 0 aliphatic rings. The van der Waals surface area contributed by atoms with Gasteiger partial charge in [0, 0.05) is 13.0 Å². The van der Waals surface area contributed by atoms with Gasteiger partial charge in [0.05, 0.1) is 0 Å². The zero-order valence-electron chi connectivity index (χ0n) is 8.14. The van der Waals surface area contributed by atoms with Gasteiger partial charge in [-0.2, -0.15) is 18.3 Å². The Bertz CT molecular complexity index is 323. The Balaban J connectivity index is 2.11. The lowest BCUT2D eigenvalue weighted by atomic mass is 10.4. The summed E-state index contributed by atoms with van der Waals surface area (Å²) < 4.78 is 35.1. The standard InChI is InChI=1S/C7H10F3N5O/c8-7(9,10)3-12-6(16)11-2-1-5-13-4-14-15-5/h4H,1-3H2,(H2,11,12,16)(H,13,14,15). The number of carbonyl (C=O) groups is 1. The van der Waals surface area contributed by atoms with Gasteiger partial charge in [0.1, 0.15) is 18.7 Å². The monoisotopic (exact) mass is 237 g/mol. The fourth-order valence-corrected chi connectivity index (χ4v) is 0.889. The second kappa shape index (κ2) is 5.33. The molecule has 16 heavy (non-hydrogen) atoms. The predicted octanol–water partition coefficient (Wildman–Crippen LogP) is 0.209. The molecular weight excluding hydrogens is 227 g/mol. The van der Waals surface area contributed by atoms with E-state index in [-0.39, 0.29) is 6.54 Å². The predicted molar refractivity (Wildman–Crippen MR) is 47.5 cm³/mol. The first-order valence-corrected chi connectivity index (χ1v) is 4.40. The molecule has 0 unspecified atom stereocenters. The first kappa shape index (κ1) is 12.3. The number of nitrogens with zero attached hydrogens (tertiary/aromatic N) is 2. The van der Waals surface area contributed by atoms with Crippen molar-refractivity contribution in [2.24, 2.45) is 0 Å². The van der Waals surface area contributed by atoms with Gasteiger partial charge in [-0.3, -0.25) is 5.10 Å². The average Bonchev–Trinajstić information content (AvgIpc) is 2.66. The molecule has 0 saturated heterocycles. The van der Waals surface area contributed by atoms with E-state index in [0.29, 0.717) is 12.2 Å². The molecule has 1 aromatic heterocycles. The zero-order chi connectivity index (χ0) is 12.0. The molecule has 0 radical (unpaired) electrons. The molecule has 1 rings (SSSR count). The van der Waals surface area contributed by atoms with Crippen LogP contribution in [0, 0.1) is 0 Å². The maximum Gasteiger partial charge on any atom is 0.405 e. The van der Waals surface area contributed by atoms with Crippen LogP contribution < -0.4 is 10.6 Å². The van der Waals surface area contributed by atoms with Gasteiger partial charge < -0.3 is 10.6 Å². The highest BCUT2D eigenvalue weighted by Gasteiger charge is 2.27. The maximum atomic E-state index is 11.7. The molecule has 90 valence electrons. The molecule has 0 bridgehead atoms. The fourth-order valence-electron chi connectivity index (χ4n) is 0.889. The molecule has 3 N–H and O–H groups in total. The number of rotatable bonds is 4. The smallest absolute Gasteiger partial charge is 0.338 e. The highest BCUT2D eigenvalue weighted by Crippen LogP contribution is 2.11. The molecule has 0 spiro atoms. The van der Waals surface area contributed by atoms with Crippen LogP contribution in [0.25, 0.3) is 0 Å². The third kappa shape index (κ3) is 5.17. The van der Waals surface area contributed by atoms with Crippen molar-refractivity contribution in [2.45, 2.75) is 12.6 Å². The SMILES string of the molecule is O=C(NCCc1ncn[nH]1)NCC(F)(F)F. The van der Waals surface area contributed by atoms with Crippen LogP contribution >= 0.6 is 0 Å². The number of amides is 2. The summed E-state index contributed by atoms with van der Waals surface area (Å²) in [6.07, 6.45) is -2.72. The molecule has 1 aromatic rings.